The fourth-order valence-electron chi connectivity index (χ4n) is 1.30. The van der Waals surface area contributed by atoms with Crippen molar-refractivity contribution in [3.8, 4) is 0 Å². The van der Waals surface area contributed by atoms with Crippen LogP contribution >= 0.6 is 27.3 Å². The van der Waals surface area contributed by atoms with E-state index in [0.717, 1.165) is 14.2 Å². The van der Waals surface area contributed by atoms with Crippen molar-refractivity contribution < 1.29 is 14.4 Å². The highest BCUT2D eigenvalue weighted by molar-refractivity contribution is 9.11. The van der Waals surface area contributed by atoms with E-state index in [9.17, 15) is 14.4 Å². The fourth-order valence-corrected chi connectivity index (χ4v) is 2.80. The Morgan fingerprint density at radius 1 is 1.28 bits per heavy atom. The third-order valence-electron chi connectivity index (χ3n) is 2.05. The summed E-state index contributed by atoms with van der Waals surface area (Å²) in [5.74, 6) is -1.83. The van der Waals surface area contributed by atoms with Gasteiger partial charge in [0.05, 0.1) is 8.66 Å². The second-order valence-corrected chi connectivity index (χ2v) is 6.03. The third kappa shape index (κ3) is 3.81. The predicted molar refractivity (Wildman–Crippen MR) is 71.0 cm³/mol. The van der Waals surface area contributed by atoms with E-state index < -0.39 is 17.7 Å². The minimum absolute atomic E-state index is 0.337. The SMILES string of the molecule is Cc1cc(C(=O)N(CC(N)=O)CC(N)=O)sc1Br. The summed E-state index contributed by atoms with van der Waals surface area (Å²) in [6.45, 7) is 1.16. The van der Waals surface area contributed by atoms with Gasteiger partial charge >= 0.3 is 0 Å². The maximum Gasteiger partial charge on any atom is 0.264 e. The van der Waals surface area contributed by atoms with Crippen LogP contribution in [0.5, 0.6) is 0 Å². The molecule has 0 atom stereocenters. The number of amides is 3. The standard InChI is InChI=1S/C10H12BrN3O3S/c1-5-2-6(18-9(5)11)10(17)14(3-7(12)15)4-8(13)16/h2H,3-4H2,1H3,(H2,12,15)(H2,13,16). The number of hydrogen-bond acceptors (Lipinski definition) is 4. The largest absolute Gasteiger partial charge is 0.368 e. The molecule has 0 fully saturated rings. The first-order valence-corrected chi connectivity index (χ1v) is 6.54. The van der Waals surface area contributed by atoms with Crippen LogP contribution in [-0.2, 0) is 9.59 Å². The third-order valence-corrected chi connectivity index (χ3v) is 4.17. The van der Waals surface area contributed by atoms with Crippen LogP contribution in [0.2, 0.25) is 0 Å². The minimum atomic E-state index is -0.697. The van der Waals surface area contributed by atoms with Crippen LogP contribution in [0.25, 0.3) is 0 Å². The van der Waals surface area contributed by atoms with Crippen molar-refractivity contribution in [3.05, 3.63) is 20.3 Å². The van der Waals surface area contributed by atoms with Gasteiger partial charge in [-0.15, -0.1) is 11.3 Å². The highest BCUT2D eigenvalue weighted by atomic mass is 79.9. The Morgan fingerprint density at radius 3 is 2.11 bits per heavy atom. The van der Waals surface area contributed by atoms with Crippen molar-refractivity contribution in [2.75, 3.05) is 13.1 Å². The summed E-state index contributed by atoms with van der Waals surface area (Å²) in [6, 6.07) is 1.67. The first kappa shape index (κ1) is 14.7. The number of nitrogens with two attached hydrogens (primary N) is 2. The van der Waals surface area contributed by atoms with E-state index in [1.165, 1.54) is 11.3 Å². The maximum absolute atomic E-state index is 12.1. The van der Waals surface area contributed by atoms with Crippen LogP contribution < -0.4 is 11.5 Å². The van der Waals surface area contributed by atoms with E-state index in [4.69, 9.17) is 11.5 Å². The Labute approximate surface area is 116 Å². The number of carbonyl (C=O) groups excluding carboxylic acids is 3. The zero-order chi connectivity index (χ0) is 13.9. The molecule has 0 saturated heterocycles. The van der Waals surface area contributed by atoms with Gasteiger partial charge < -0.3 is 16.4 Å². The van der Waals surface area contributed by atoms with Gasteiger partial charge in [-0.05, 0) is 34.5 Å². The van der Waals surface area contributed by atoms with Gasteiger partial charge in [0.25, 0.3) is 5.91 Å². The summed E-state index contributed by atoms with van der Waals surface area (Å²) < 4.78 is 0.823. The molecule has 1 heterocycles. The molecule has 0 spiro atoms. The quantitative estimate of drug-likeness (QED) is 0.805. The molecule has 0 aliphatic heterocycles. The molecule has 1 aromatic heterocycles. The summed E-state index contributed by atoms with van der Waals surface area (Å²) in [4.78, 5) is 35.3. The van der Waals surface area contributed by atoms with Crippen LogP contribution in [0.4, 0.5) is 0 Å². The van der Waals surface area contributed by atoms with Crippen molar-refractivity contribution in [1.29, 1.82) is 0 Å². The lowest BCUT2D eigenvalue weighted by atomic mass is 10.3. The molecule has 0 radical (unpaired) electrons. The molecule has 0 aliphatic rings. The fraction of sp³-hybridized carbons (Fsp3) is 0.300. The van der Waals surface area contributed by atoms with Crippen LogP contribution in [0.1, 0.15) is 15.2 Å². The molecular formula is C10H12BrN3O3S. The van der Waals surface area contributed by atoms with Crippen molar-refractivity contribution in [2.24, 2.45) is 11.5 Å². The molecule has 8 heteroatoms. The number of nitrogens with zero attached hydrogens (tertiary/aromatic N) is 1. The van der Waals surface area contributed by atoms with E-state index in [1.54, 1.807) is 6.07 Å². The van der Waals surface area contributed by atoms with Crippen LogP contribution in [-0.4, -0.2) is 35.7 Å². The van der Waals surface area contributed by atoms with Crippen molar-refractivity contribution >= 4 is 45.0 Å². The van der Waals surface area contributed by atoms with E-state index in [0.29, 0.717) is 4.88 Å². The molecule has 0 bridgehead atoms. The number of halogens is 1. The molecule has 18 heavy (non-hydrogen) atoms. The molecule has 1 aromatic rings. The lowest BCUT2D eigenvalue weighted by Crippen LogP contribution is -2.43. The van der Waals surface area contributed by atoms with E-state index >= 15 is 0 Å². The van der Waals surface area contributed by atoms with Crippen LogP contribution in [0.3, 0.4) is 0 Å². The number of thiophene rings is 1. The average Bonchev–Trinajstić information content (AvgIpc) is 2.56. The normalized spacial score (nSPS) is 10.1. The highest BCUT2D eigenvalue weighted by Crippen LogP contribution is 2.28. The van der Waals surface area contributed by atoms with Crippen molar-refractivity contribution in [2.45, 2.75) is 6.92 Å². The Balaban J connectivity index is 2.94. The molecule has 0 aromatic carbocycles. The Morgan fingerprint density at radius 2 is 1.78 bits per heavy atom. The zero-order valence-corrected chi connectivity index (χ0v) is 12.0. The number of carbonyl (C=O) groups is 3. The van der Waals surface area contributed by atoms with E-state index in [1.807, 2.05) is 6.92 Å². The van der Waals surface area contributed by atoms with Gasteiger partial charge in [-0.3, -0.25) is 14.4 Å². The van der Waals surface area contributed by atoms with Crippen LogP contribution in [0.15, 0.2) is 9.85 Å². The van der Waals surface area contributed by atoms with Crippen molar-refractivity contribution in [1.82, 2.24) is 4.90 Å². The lowest BCUT2D eigenvalue weighted by Gasteiger charge is -2.18. The van der Waals surface area contributed by atoms with Crippen molar-refractivity contribution in [3.63, 3.8) is 0 Å². The van der Waals surface area contributed by atoms with Gasteiger partial charge in [0, 0.05) is 0 Å². The topological polar surface area (TPSA) is 106 Å². The van der Waals surface area contributed by atoms with Gasteiger partial charge in [-0.2, -0.15) is 0 Å². The first-order chi connectivity index (χ1) is 8.31. The van der Waals surface area contributed by atoms with E-state index in [-0.39, 0.29) is 13.1 Å². The Hall–Kier alpha value is -1.41. The number of hydrogen-bond donors (Lipinski definition) is 2. The Kier molecular flexibility index (Phi) is 4.85. The van der Waals surface area contributed by atoms with Gasteiger partial charge in [0.1, 0.15) is 13.1 Å². The monoisotopic (exact) mass is 333 g/mol. The summed E-state index contributed by atoms with van der Waals surface area (Å²) >= 11 is 4.53. The van der Waals surface area contributed by atoms with Gasteiger partial charge in [0.2, 0.25) is 11.8 Å². The number of rotatable bonds is 5. The predicted octanol–water partition coefficient (Wildman–Crippen LogP) is 0.232. The molecule has 1 rings (SSSR count). The van der Waals surface area contributed by atoms with Gasteiger partial charge in [0.15, 0.2) is 0 Å². The van der Waals surface area contributed by atoms with Crippen LogP contribution in [0, 0.1) is 6.92 Å². The summed E-state index contributed by atoms with van der Waals surface area (Å²) in [7, 11) is 0. The smallest absolute Gasteiger partial charge is 0.264 e. The molecule has 4 N–H and O–H groups in total. The first-order valence-electron chi connectivity index (χ1n) is 4.93. The lowest BCUT2D eigenvalue weighted by molar-refractivity contribution is -0.121. The summed E-state index contributed by atoms with van der Waals surface area (Å²) in [5, 5.41) is 0. The Bertz CT molecular complexity index is 465. The maximum atomic E-state index is 12.1. The second-order valence-electron chi connectivity index (χ2n) is 3.66. The minimum Gasteiger partial charge on any atom is -0.368 e. The van der Waals surface area contributed by atoms with Gasteiger partial charge in [-0.25, -0.2) is 0 Å². The number of primary amides is 2. The molecule has 0 unspecified atom stereocenters. The molecule has 0 aliphatic carbocycles. The van der Waals surface area contributed by atoms with E-state index in [2.05, 4.69) is 15.9 Å². The molecule has 6 nitrogen and oxygen atoms in total. The second kappa shape index (κ2) is 5.96. The highest BCUT2D eigenvalue weighted by Gasteiger charge is 2.21. The molecular weight excluding hydrogens is 322 g/mol. The summed E-state index contributed by atoms with van der Waals surface area (Å²) in [5.41, 5.74) is 11.0. The zero-order valence-electron chi connectivity index (χ0n) is 9.60. The van der Waals surface area contributed by atoms with Gasteiger partial charge in [-0.1, -0.05) is 0 Å². The molecule has 98 valence electrons. The molecule has 3 amide bonds. The number of aryl methyl sites for hydroxylation is 1. The summed E-state index contributed by atoms with van der Waals surface area (Å²) in [6.07, 6.45) is 0. The molecule has 0 saturated carbocycles. The average molecular weight is 334 g/mol.